The average molecular weight is 253 g/mol. The van der Waals surface area contributed by atoms with Crippen molar-refractivity contribution in [3.63, 3.8) is 0 Å². The Morgan fingerprint density at radius 1 is 0.550 bits per heavy atom. The Morgan fingerprint density at radius 2 is 1.10 bits per heavy atom. The minimum atomic E-state index is 1.03. The quantitative estimate of drug-likeness (QED) is 0.558. The number of benzene rings is 3. The minimum absolute atomic E-state index is 1.03. The predicted octanol–water partition coefficient (Wildman–Crippen LogP) is 4.55. The molecule has 0 nitrogen and oxygen atoms in total. The van der Waals surface area contributed by atoms with Gasteiger partial charge in [-0.3, -0.25) is 0 Å². The van der Waals surface area contributed by atoms with Gasteiger partial charge in [-0.05, 0) is 41.5 Å². The van der Waals surface area contributed by atoms with E-state index in [4.69, 9.17) is 0 Å². The Bertz CT molecular complexity index is 727. The first-order valence-electron chi connectivity index (χ1n) is 6.55. The topological polar surface area (TPSA) is 0 Å². The largest absolute Gasteiger partial charge is 0.0622 e. The van der Waals surface area contributed by atoms with Gasteiger partial charge in [0.2, 0.25) is 0 Å². The van der Waals surface area contributed by atoms with Crippen molar-refractivity contribution in [3.05, 3.63) is 96.1 Å². The third-order valence-electron chi connectivity index (χ3n) is 3.06. The second-order valence-corrected chi connectivity index (χ2v) is 4.48. The van der Waals surface area contributed by atoms with Crippen LogP contribution < -0.4 is 0 Å². The van der Waals surface area contributed by atoms with E-state index >= 15 is 0 Å². The Hall–Kier alpha value is -2.78. The lowest BCUT2D eigenvalue weighted by atomic mass is 10.0. The molecule has 3 aromatic rings. The van der Waals surface area contributed by atoms with Crippen molar-refractivity contribution in [3.8, 4) is 23.0 Å². The van der Waals surface area contributed by atoms with Gasteiger partial charge in [-0.15, -0.1) is 0 Å². The summed E-state index contributed by atoms with van der Waals surface area (Å²) in [6.45, 7) is 0. The van der Waals surface area contributed by atoms with Crippen molar-refractivity contribution in [2.75, 3.05) is 0 Å². The van der Waals surface area contributed by atoms with Crippen LogP contribution in [0.1, 0.15) is 11.1 Å². The molecule has 0 aliphatic heterocycles. The summed E-state index contributed by atoms with van der Waals surface area (Å²) in [6, 6.07) is 29.4. The molecule has 0 bridgehead atoms. The molecule has 0 fully saturated rings. The van der Waals surface area contributed by atoms with Crippen LogP contribution in [-0.4, -0.2) is 0 Å². The number of hydrogen-bond acceptors (Lipinski definition) is 0. The van der Waals surface area contributed by atoms with Crippen molar-refractivity contribution >= 4 is 0 Å². The molecule has 0 N–H and O–H groups in total. The van der Waals surface area contributed by atoms with Gasteiger partial charge >= 0.3 is 0 Å². The molecule has 0 heteroatoms. The monoisotopic (exact) mass is 253 g/mol. The third-order valence-corrected chi connectivity index (χ3v) is 3.06. The van der Waals surface area contributed by atoms with Crippen LogP contribution in [0.2, 0.25) is 0 Å². The summed E-state index contributed by atoms with van der Waals surface area (Å²) in [6.07, 6.45) is 0. The molecule has 93 valence electrons. The summed E-state index contributed by atoms with van der Waals surface area (Å²) in [5, 5.41) is 0. The van der Waals surface area contributed by atoms with E-state index in [9.17, 15) is 0 Å². The van der Waals surface area contributed by atoms with Crippen LogP contribution in [-0.2, 0) is 0 Å². The smallest absolute Gasteiger partial charge is 0.0249 e. The summed E-state index contributed by atoms with van der Waals surface area (Å²) in [4.78, 5) is 0. The Morgan fingerprint density at radius 3 is 1.75 bits per heavy atom. The van der Waals surface area contributed by atoms with E-state index in [2.05, 4.69) is 54.3 Å². The molecule has 0 saturated heterocycles. The molecule has 3 rings (SSSR count). The third kappa shape index (κ3) is 2.96. The molecule has 0 spiro atoms. The van der Waals surface area contributed by atoms with Gasteiger partial charge in [-0.2, -0.15) is 0 Å². The van der Waals surface area contributed by atoms with Crippen LogP contribution in [0.4, 0.5) is 0 Å². The van der Waals surface area contributed by atoms with Crippen LogP contribution in [0, 0.1) is 17.9 Å². The molecule has 0 saturated carbocycles. The molecule has 3 aromatic carbocycles. The van der Waals surface area contributed by atoms with Crippen molar-refractivity contribution in [2.45, 2.75) is 0 Å². The van der Waals surface area contributed by atoms with Crippen LogP contribution in [0.15, 0.2) is 78.9 Å². The fourth-order valence-corrected chi connectivity index (χ4v) is 1.99. The lowest BCUT2D eigenvalue weighted by molar-refractivity contribution is 1.58. The molecule has 0 unspecified atom stereocenters. The van der Waals surface area contributed by atoms with Crippen LogP contribution >= 0.6 is 0 Å². The van der Waals surface area contributed by atoms with Crippen LogP contribution in [0.5, 0.6) is 0 Å². The lowest BCUT2D eigenvalue weighted by Crippen LogP contribution is -1.79. The molecule has 0 heterocycles. The van der Waals surface area contributed by atoms with Gasteiger partial charge in [0.1, 0.15) is 0 Å². The molecule has 0 aromatic heterocycles. The van der Waals surface area contributed by atoms with Crippen molar-refractivity contribution in [2.24, 2.45) is 0 Å². The molecular weight excluding hydrogens is 240 g/mol. The molecule has 0 atom stereocenters. The molecule has 0 aliphatic carbocycles. The Labute approximate surface area is 119 Å². The average Bonchev–Trinajstić information content (AvgIpc) is 2.55. The standard InChI is InChI=1S/C20H13/c1-3-7-17(8-4-1)11-12-18-13-15-20(16-14-18)19-9-5-2-6-10-19/h1,3-10,13-16H. The summed E-state index contributed by atoms with van der Waals surface area (Å²) in [5.74, 6) is 6.35. The van der Waals surface area contributed by atoms with Crippen molar-refractivity contribution in [1.82, 2.24) is 0 Å². The van der Waals surface area contributed by atoms with E-state index in [1.165, 1.54) is 11.1 Å². The van der Waals surface area contributed by atoms with Crippen LogP contribution in [0.25, 0.3) is 11.1 Å². The molecule has 1 radical (unpaired) electrons. The van der Waals surface area contributed by atoms with Gasteiger partial charge in [0.25, 0.3) is 0 Å². The van der Waals surface area contributed by atoms with E-state index in [0.29, 0.717) is 0 Å². The summed E-state index contributed by atoms with van der Waals surface area (Å²) >= 11 is 0. The highest BCUT2D eigenvalue weighted by Gasteiger charge is 1.95. The normalized spacial score (nSPS) is 9.60. The van der Waals surface area contributed by atoms with Crippen molar-refractivity contribution in [1.29, 1.82) is 0 Å². The van der Waals surface area contributed by atoms with Gasteiger partial charge in [-0.25, -0.2) is 0 Å². The summed E-state index contributed by atoms with van der Waals surface area (Å²) < 4.78 is 0. The summed E-state index contributed by atoms with van der Waals surface area (Å²) in [5.41, 5.74) is 4.46. The van der Waals surface area contributed by atoms with Gasteiger partial charge in [0.05, 0.1) is 0 Å². The van der Waals surface area contributed by atoms with Crippen LogP contribution in [0.3, 0.4) is 0 Å². The van der Waals surface area contributed by atoms with E-state index in [0.717, 1.165) is 11.1 Å². The van der Waals surface area contributed by atoms with Crippen molar-refractivity contribution < 1.29 is 0 Å². The van der Waals surface area contributed by atoms with E-state index < -0.39 is 0 Å². The zero-order chi connectivity index (χ0) is 13.6. The Balaban J connectivity index is 1.83. The fourth-order valence-electron chi connectivity index (χ4n) is 1.99. The predicted molar refractivity (Wildman–Crippen MR) is 83.1 cm³/mol. The second-order valence-electron chi connectivity index (χ2n) is 4.48. The van der Waals surface area contributed by atoms with Gasteiger partial charge in [0, 0.05) is 11.1 Å². The highest BCUT2D eigenvalue weighted by atomic mass is 14.0. The van der Waals surface area contributed by atoms with Gasteiger partial charge in [0.15, 0.2) is 0 Å². The van der Waals surface area contributed by atoms with E-state index in [1.54, 1.807) is 0 Å². The number of rotatable bonds is 1. The second kappa shape index (κ2) is 5.91. The Kier molecular flexibility index (Phi) is 3.62. The summed E-state index contributed by atoms with van der Waals surface area (Å²) in [7, 11) is 0. The maximum absolute atomic E-state index is 3.18. The molecule has 0 aliphatic rings. The lowest BCUT2D eigenvalue weighted by Gasteiger charge is -2.00. The first-order chi connectivity index (χ1) is 9.92. The molecule has 20 heavy (non-hydrogen) atoms. The van der Waals surface area contributed by atoms with E-state index in [1.807, 2.05) is 42.5 Å². The fraction of sp³-hybridized carbons (Fsp3) is 0. The first kappa shape index (κ1) is 12.3. The maximum atomic E-state index is 3.18. The zero-order valence-corrected chi connectivity index (χ0v) is 11.0. The minimum Gasteiger partial charge on any atom is -0.0622 e. The molecule has 0 amide bonds. The van der Waals surface area contributed by atoms with E-state index in [-0.39, 0.29) is 0 Å². The van der Waals surface area contributed by atoms with Gasteiger partial charge in [-0.1, -0.05) is 66.4 Å². The molecular formula is C20H13. The van der Waals surface area contributed by atoms with Gasteiger partial charge < -0.3 is 0 Å². The zero-order valence-electron chi connectivity index (χ0n) is 11.0. The maximum Gasteiger partial charge on any atom is 0.0249 e. The highest BCUT2D eigenvalue weighted by Crippen LogP contribution is 2.18. The highest BCUT2D eigenvalue weighted by molar-refractivity contribution is 5.64. The SMILES string of the molecule is C(#Cc1ccc(-c2cc[c]cc2)cc1)c1ccccc1. The first-order valence-corrected chi connectivity index (χ1v) is 6.55. The number of hydrogen-bond donors (Lipinski definition) is 0.